The SMILES string of the molecule is CCCCN1CC2c3ccccc3C(=O)N2C(C)C1CC. The molecule has 2 aliphatic heterocycles. The van der Waals surface area contributed by atoms with Gasteiger partial charge in [-0.1, -0.05) is 38.5 Å². The van der Waals surface area contributed by atoms with Crippen molar-refractivity contribution in [1.29, 1.82) is 0 Å². The van der Waals surface area contributed by atoms with Crippen LogP contribution in [0.4, 0.5) is 0 Å². The summed E-state index contributed by atoms with van der Waals surface area (Å²) < 4.78 is 0. The zero-order valence-electron chi connectivity index (χ0n) is 13.4. The highest BCUT2D eigenvalue weighted by Crippen LogP contribution is 2.40. The molecule has 3 rings (SSSR count). The Hall–Kier alpha value is -1.35. The monoisotopic (exact) mass is 286 g/mol. The largest absolute Gasteiger partial charge is 0.326 e. The quantitative estimate of drug-likeness (QED) is 0.846. The van der Waals surface area contributed by atoms with E-state index in [4.69, 9.17) is 0 Å². The minimum atomic E-state index is 0.233. The van der Waals surface area contributed by atoms with Gasteiger partial charge in [-0.2, -0.15) is 0 Å². The van der Waals surface area contributed by atoms with Crippen molar-refractivity contribution >= 4 is 5.91 Å². The van der Waals surface area contributed by atoms with Gasteiger partial charge in [0.1, 0.15) is 0 Å². The van der Waals surface area contributed by atoms with Gasteiger partial charge in [0.25, 0.3) is 5.91 Å². The summed E-state index contributed by atoms with van der Waals surface area (Å²) in [4.78, 5) is 17.5. The van der Waals surface area contributed by atoms with Crippen LogP contribution in [0.1, 0.15) is 62.0 Å². The molecule has 1 saturated heterocycles. The maximum Gasteiger partial charge on any atom is 0.255 e. The van der Waals surface area contributed by atoms with Crippen molar-refractivity contribution in [3.05, 3.63) is 35.4 Å². The van der Waals surface area contributed by atoms with Gasteiger partial charge in [-0.15, -0.1) is 0 Å². The van der Waals surface area contributed by atoms with Crippen LogP contribution in [0, 0.1) is 0 Å². The van der Waals surface area contributed by atoms with E-state index in [2.05, 4.69) is 42.7 Å². The second-order valence-electron chi connectivity index (χ2n) is 6.38. The number of unbranched alkanes of at least 4 members (excludes halogenated alkanes) is 1. The zero-order chi connectivity index (χ0) is 15.0. The van der Waals surface area contributed by atoms with E-state index in [1.165, 1.54) is 18.4 Å². The Morgan fingerprint density at radius 1 is 1.24 bits per heavy atom. The smallest absolute Gasteiger partial charge is 0.255 e. The molecule has 0 aliphatic carbocycles. The van der Waals surface area contributed by atoms with Crippen molar-refractivity contribution in [3.8, 4) is 0 Å². The maximum absolute atomic E-state index is 12.7. The average Bonchev–Trinajstić information content (AvgIpc) is 2.79. The van der Waals surface area contributed by atoms with Crippen LogP contribution in [0.25, 0.3) is 0 Å². The molecular weight excluding hydrogens is 260 g/mol. The minimum Gasteiger partial charge on any atom is -0.326 e. The van der Waals surface area contributed by atoms with E-state index in [1.807, 2.05) is 12.1 Å². The second kappa shape index (κ2) is 5.80. The lowest BCUT2D eigenvalue weighted by molar-refractivity contribution is -0.00218. The zero-order valence-corrected chi connectivity index (χ0v) is 13.4. The van der Waals surface area contributed by atoms with Gasteiger partial charge in [0.05, 0.1) is 6.04 Å². The van der Waals surface area contributed by atoms with Gasteiger partial charge < -0.3 is 4.90 Å². The summed E-state index contributed by atoms with van der Waals surface area (Å²) >= 11 is 0. The number of hydrogen-bond acceptors (Lipinski definition) is 2. The molecule has 0 saturated carbocycles. The average molecular weight is 286 g/mol. The second-order valence-corrected chi connectivity index (χ2v) is 6.38. The molecule has 1 aromatic rings. The molecule has 3 heteroatoms. The van der Waals surface area contributed by atoms with E-state index in [9.17, 15) is 4.79 Å². The Balaban J connectivity index is 1.92. The third-order valence-electron chi connectivity index (χ3n) is 5.21. The standard InChI is InChI=1S/C18H26N2O/c1-4-6-11-19-12-17-14-9-7-8-10-15(14)18(21)20(17)13(3)16(19)5-2/h7-10,13,16-17H,4-6,11-12H2,1-3H3. The summed E-state index contributed by atoms with van der Waals surface area (Å²) in [6, 6.07) is 9.20. The highest BCUT2D eigenvalue weighted by Gasteiger charge is 2.46. The fourth-order valence-corrected chi connectivity index (χ4v) is 4.13. The fraction of sp³-hybridized carbons (Fsp3) is 0.611. The Morgan fingerprint density at radius 3 is 2.71 bits per heavy atom. The van der Waals surface area contributed by atoms with Crippen LogP contribution in [0.3, 0.4) is 0 Å². The number of piperazine rings is 1. The number of nitrogens with zero attached hydrogens (tertiary/aromatic N) is 2. The molecule has 2 heterocycles. The topological polar surface area (TPSA) is 23.6 Å². The Bertz CT molecular complexity index is 528. The highest BCUT2D eigenvalue weighted by molar-refractivity contribution is 5.99. The lowest BCUT2D eigenvalue weighted by Crippen LogP contribution is -2.58. The van der Waals surface area contributed by atoms with Crippen LogP contribution in [0.5, 0.6) is 0 Å². The van der Waals surface area contributed by atoms with Crippen LogP contribution >= 0.6 is 0 Å². The van der Waals surface area contributed by atoms with E-state index in [0.717, 1.165) is 25.1 Å². The Labute approximate surface area is 127 Å². The lowest BCUT2D eigenvalue weighted by Gasteiger charge is -2.48. The van der Waals surface area contributed by atoms with Crippen molar-refractivity contribution in [2.45, 2.75) is 58.2 Å². The Morgan fingerprint density at radius 2 is 2.00 bits per heavy atom. The number of carbonyl (C=O) groups is 1. The first kappa shape index (κ1) is 14.6. The van der Waals surface area contributed by atoms with Crippen molar-refractivity contribution in [2.75, 3.05) is 13.1 Å². The molecule has 1 aromatic carbocycles. The van der Waals surface area contributed by atoms with Crippen LogP contribution in [-0.4, -0.2) is 40.9 Å². The molecule has 0 aromatic heterocycles. The molecule has 114 valence electrons. The highest BCUT2D eigenvalue weighted by atomic mass is 16.2. The number of fused-ring (bicyclic) bond motifs is 3. The summed E-state index contributed by atoms with van der Waals surface area (Å²) in [6.07, 6.45) is 3.58. The first-order chi connectivity index (χ1) is 10.2. The fourth-order valence-electron chi connectivity index (χ4n) is 4.13. The molecule has 0 spiro atoms. The predicted octanol–water partition coefficient (Wildman–Crippen LogP) is 3.47. The Kier molecular flexibility index (Phi) is 4.03. The van der Waals surface area contributed by atoms with E-state index in [0.29, 0.717) is 12.1 Å². The lowest BCUT2D eigenvalue weighted by atomic mass is 9.95. The molecule has 1 amide bonds. The summed E-state index contributed by atoms with van der Waals surface area (Å²) in [7, 11) is 0. The summed E-state index contributed by atoms with van der Waals surface area (Å²) in [5.74, 6) is 0.233. The molecule has 0 radical (unpaired) electrons. The van der Waals surface area contributed by atoms with Crippen molar-refractivity contribution in [1.82, 2.24) is 9.80 Å². The van der Waals surface area contributed by atoms with Crippen LogP contribution < -0.4 is 0 Å². The first-order valence-corrected chi connectivity index (χ1v) is 8.34. The van der Waals surface area contributed by atoms with E-state index in [-0.39, 0.29) is 11.9 Å². The molecule has 3 atom stereocenters. The number of rotatable bonds is 4. The molecule has 0 N–H and O–H groups in total. The van der Waals surface area contributed by atoms with Crippen molar-refractivity contribution < 1.29 is 4.79 Å². The van der Waals surface area contributed by atoms with Gasteiger partial charge in [0.2, 0.25) is 0 Å². The molecule has 1 fully saturated rings. The van der Waals surface area contributed by atoms with Crippen molar-refractivity contribution in [2.24, 2.45) is 0 Å². The summed E-state index contributed by atoms with van der Waals surface area (Å²) in [5.41, 5.74) is 2.15. The molecule has 3 nitrogen and oxygen atoms in total. The number of hydrogen-bond donors (Lipinski definition) is 0. The first-order valence-electron chi connectivity index (χ1n) is 8.34. The molecule has 2 aliphatic rings. The summed E-state index contributed by atoms with van der Waals surface area (Å²) in [5, 5.41) is 0. The summed E-state index contributed by atoms with van der Waals surface area (Å²) in [6.45, 7) is 8.86. The van der Waals surface area contributed by atoms with Crippen LogP contribution in [0.15, 0.2) is 24.3 Å². The van der Waals surface area contributed by atoms with E-state index in [1.54, 1.807) is 0 Å². The molecule has 3 unspecified atom stereocenters. The number of amides is 1. The van der Waals surface area contributed by atoms with Crippen LogP contribution in [-0.2, 0) is 0 Å². The third kappa shape index (κ3) is 2.28. The third-order valence-corrected chi connectivity index (χ3v) is 5.21. The van der Waals surface area contributed by atoms with Crippen molar-refractivity contribution in [3.63, 3.8) is 0 Å². The molecular formula is C18H26N2O. The van der Waals surface area contributed by atoms with E-state index < -0.39 is 0 Å². The van der Waals surface area contributed by atoms with Crippen LogP contribution in [0.2, 0.25) is 0 Å². The van der Waals surface area contributed by atoms with E-state index >= 15 is 0 Å². The molecule has 0 bridgehead atoms. The number of carbonyl (C=O) groups excluding carboxylic acids is 1. The van der Waals surface area contributed by atoms with Gasteiger partial charge >= 0.3 is 0 Å². The van der Waals surface area contributed by atoms with Gasteiger partial charge in [0.15, 0.2) is 0 Å². The minimum absolute atomic E-state index is 0.233. The maximum atomic E-state index is 12.7. The van der Waals surface area contributed by atoms with Gasteiger partial charge in [-0.25, -0.2) is 0 Å². The molecule has 21 heavy (non-hydrogen) atoms. The number of benzene rings is 1. The van der Waals surface area contributed by atoms with Gasteiger partial charge in [-0.3, -0.25) is 9.69 Å². The van der Waals surface area contributed by atoms with Gasteiger partial charge in [0, 0.05) is 24.2 Å². The predicted molar refractivity (Wildman–Crippen MR) is 85.4 cm³/mol. The normalized spacial score (nSPS) is 28.6. The van der Waals surface area contributed by atoms with Gasteiger partial charge in [-0.05, 0) is 37.9 Å².